The molecule has 2 atom stereocenters. The lowest BCUT2D eigenvalue weighted by atomic mass is 10.0. The van der Waals surface area contributed by atoms with Crippen LogP contribution in [-0.4, -0.2) is 40.6 Å². The van der Waals surface area contributed by atoms with Crippen LogP contribution in [0.15, 0.2) is 35.1 Å². The van der Waals surface area contributed by atoms with Gasteiger partial charge in [-0.25, -0.2) is 0 Å². The van der Waals surface area contributed by atoms with Crippen molar-refractivity contribution >= 4 is 5.91 Å². The number of hydrogen-bond acceptors (Lipinski definition) is 5. The number of carbonyl (C=O) groups is 1. The first-order valence-corrected chi connectivity index (χ1v) is 8.09. The van der Waals surface area contributed by atoms with E-state index in [0.29, 0.717) is 18.8 Å². The summed E-state index contributed by atoms with van der Waals surface area (Å²) in [5, 5.41) is 7.38. The van der Waals surface area contributed by atoms with Crippen LogP contribution in [0.3, 0.4) is 0 Å². The van der Waals surface area contributed by atoms with Crippen molar-refractivity contribution in [3.8, 4) is 0 Å². The van der Waals surface area contributed by atoms with E-state index in [2.05, 4.69) is 29.3 Å². The second kappa shape index (κ2) is 6.91. The zero-order valence-electron chi connectivity index (χ0n) is 13.5. The van der Waals surface area contributed by atoms with Gasteiger partial charge < -0.3 is 14.7 Å². The van der Waals surface area contributed by atoms with Crippen molar-refractivity contribution in [3.05, 3.63) is 47.6 Å². The highest BCUT2D eigenvalue weighted by Crippen LogP contribution is 2.25. The molecule has 3 heterocycles. The third-order valence-corrected chi connectivity index (χ3v) is 4.43. The summed E-state index contributed by atoms with van der Waals surface area (Å²) in [5.74, 6) is 0.496. The van der Waals surface area contributed by atoms with Crippen LogP contribution in [0.1, 0.15) is 54.0 Å². The summed E-state index contributed by atoms with van der Waals surface area (Å²) in [4.78, 5) is 18.9. The molecular formula is C17H22N4O2. The maximum Gasteiger partial charge on any atom is 0.293 e. The van der Waals surface area contributed by atoms with E-state index < -0.39 is 0 Å². The molecule has 2 aromatic rings. The van der Waals surface area contributed by atoms with E-state index >= 15 is 0 Å². The first-order valence-electron chi connectivity index (χ1n) is 8.09. The van der Waals surface area contributed by atoms with E-state index in [0.717, 1.165) is 24.2 Å². The van der Waals surface area contributed by atoms with Gasteiger partial charge in [0.1, 0.15) is 0 Å². The van der Waals surface area contributed by atoms with E-state index in [-0.39, 0.29) is 17.9 Å². The summed E-state index contributed by atoms with van der Waals surface area (Å²) >= 11 is 0. The molecule has 2 unspecified atom stereocenters. The molecule has 0 saturated carbocycles. The maximum atomic E-state index is 12.9. The Balaban J connectivity index is 1.83. The van der Waals surface area contributed by atoms with Crippen molar-refractivity contribution in [1.29, 1.82) is 0 Å². The average Bonchev–Trinajstić information content (AvgIpc) is 3.11. The van der Waals surface area contributed by atoms with Gasteiger partial charge >= 0.3 is 0 Å². The van der Waals surface area contributed by atoms with Gasteiger partial charge in [0.05, 0.1) is 11.7 Å². The highest BCUT2D eigenvalue weighted by molar-refractivity contribution is 5.92. The van der Waals surface area contributed by atoms with Crippen molar-refractivity contribution < 1.29 is 9.32 Å². The number of pyridine rings is 1. The van der Waals surface area contributed by atoms with Gasteiger partial charge in [-0.1, -0.05) is 25.1 Å². The van der Waals surface area contributed by atoms with Gasteiger partial charge in [0.2, 0.25) is 5.76 Å². The standard InChI is InChI=1S/C17H22N4O2/c1-3-12(2)14-9-16(23-20-14)17(22)21-8-7-19-11-15(21)13-5-4-6-18-10-13/h4-6,9-10,12,15,19H,3,7-8,11H2,1-2H3. The van der Waals surface area contributed by atoms with Crippen LogP contribution in [0, 0.1) is 0 Å². The fourth-order valence-electron chi connectivity index (χ4n) is 2.79. The molecule has 0 spiro atoms. The SMILES string of the molecule is CCC(C)c1cc(C(=O)N2CCNCC2c2cccnc2)on1. The molecule has 23 heavy (non-hydrogen) atoms. The molecule has 1 fully saturated rings. The molecule has 2 aromatic heterocycles. The van der Waals surface area contributed by atoms with Gasteiger partial charge in [-0.05, 0) is 18.1 Å². The van der Waals surface area contributed by atoms with Crippen molar-refractivity contribution in [2.75, 3.05) is 19.6 Å². The third-order valence-electron chi connectivity index (χ3n) is 4.43. The van der Waals surface area contributed by atoms with Gasteiger partial charge in [-0.3, -0.25) is 9.78 Å². The van der Waals surface area contributed by atoms with Gasteiger partial charge in [0.25, 0.3) is 5.91 Å². The Morgan fingerprint density at radius 3 is 3.17 bits per heavy atom. The Labute approximate surface area is 135 Å². The zero-order valence-corrected chi connectivity index (χ0v) is 13.5. The first kappa shape index (κ1) is 15.7. The largest absolute Gasteiger partial charge is 0.351 e. The number of aromatic nitrogens is 2. The summed E-state index contributed by atoms with van der Waals surface area (Å²) in [6.07, 6.45) is 4.51. The number of piperazine rings is 1. The normalized spacial score (nSPS) is 19.6. The lowest BCUT2D eigenvalue weighted by Gasteiger charge is -2.35. The van der Waals surface area contributed by atoms with Crippen molar-refractivity contribution in [1.82, 2.24) is 20.4 Å². The minimum Gasteiger partial charge on any atom is -0.351 e. The van der Waals surface area contributed by atoms with E-state index in [9.17, 15) is 4.79 Å². The molecule has 6 nitrogen and oxygen atoms in total. The summed E-state index contributed by atoms with van der Waals surface area (Å²) in [7, 11) is 0. The average molecular weight is 314 g/mol. The van der Waals surface area contributed by atoms with Gasteiger partial charge in [0.15, 0.2) is 0 Å². The molecule has 1 amide bonds. The monoisotopic (exact) mass is 314 g/mol. The second-order valence-electron chi connectivity index (χ2n) is 5.93. The predicted molar refractivity (Wildman–Crippen MR) is 86.1 cm³/mol. The summed E-state index contributed by atoms with van der Waals surface area (Å²) in [6.45, 7) is 6.29. The molecule has 1 aliphatic rings. The molecule has 0 aliphatic carbocycles. The van der Waals surface area contributed by atoms with Crippen LogP contribution in [-0.2, 0) is 0 Å². The van der Waals surface area contributed by atoms with Crippen LogP contribution in [0.2, 0.25) is 0 Å². The van der Waals surface area contributed by atoms with Crippen LogP contribution < -0.4 is 5.32 Å². The zero-order chi connectivity index (χ0) is 16.2. The third kappa shape index (κ3) is 3.27. The lowest BCUT2D eigenvalue weighted by Crippen LogP contribution is -2.48. The summed E-state index contributed by atoms with van der Waals surface area (Å²) in [6, 6.07) is 5.62. The fourth-order valence-corrected chi connectivity index (χ4v) is 2.79. The fraction of sp³-hybridized carbons (Fsp3) is 0.471. The lowest BCUT2D eigenvalue weighted by molar-refractivity contribution is 0.0591. The van der Waals surface area contributed by atoms with Crippen LogP contribution in [0.25, 0.3) is 0 Å². The van der Waals surface area contributed by atoms with Crippen molar-refractivity contribution in [3.63, 3.8) is 0 Å². The number of amides is 1. The Kier molecular flexibility index (Phi) is 4.71. The van der Waals surface area contributed by atoms with E-state index in [1.54, 1.807) is 12.3 Å². The van der Waals surface area contributed by atoms with Crippen molar-refractivity contribution in [2.24, 2.45) is 0 Å². The highest BCUT2D eigenvalue weighted by atomic mass is 16.5. The molecule has 1 aliphatic heterocycles. The highest BCUT2D eigenvalue weighted by Gasteiger charge is 2.31. The summed E-state index contributed by atoms with van der Waals surface area (Å²) < 4.78 is 5.31. The summed E-state index contributed by atoms with van der Waals surface area (Å²) in [5.41, 5.74) is 1.86. The minimum atomic E-state index is -0.109. The quantitative estimate of drug-likeness (QED) is 0.938. The number of carbonyl (C=O) groups excluding carboxylic acids is 1. The molecule has 122 valence electrons. The minimum absolute atomic E-state index is 0.0397. The Morgan fingerprint density at radius 1 is 1.57 bits per heavy atom. The van der Waals surface area contributed by atoms with Crippen molar-refractivity contribution in [2.45, 2.75) is 32.2 Å². The smallest absolute Gasteiger partial charge is 0.293 e. The molecular weight excluding hydrogens is 292 g/mol. The van der Waals surface area contributed by atoms with Crippen LogP contribution in [0.5, 0.6) is 0 Å². The molecule has 0 aromatic carbocycles. The Hall–Kier alpha value is -2.21. The van der Waals surface area contributed by atoms with Gasteiger partial charge in [0, 0.05) is 44.0 Å². The van der Waals surface area contributed by atoms with Gasteiger partial charge in [-0.2, -0.15) is 0 Å². The topological polar surface area (TPSA) is 71.3 Å². The predicted octanol–water partition coefficient (Wildman–Crippen LogP) is 2.37. The molecule has 6 heteroatoms. The number of nitrogens with one attached hydrogen (secondary N) is 1. The van der Waals surface area contributed by atoms with Crippen LogP contribution in [0.4, 0.5) is 0 Å². The maximum absolute atomic E-state index is 12.9. The Morgan fingerprint density at radius 2 is 2.43 bits per heavy atom. The number of hydrogen-bond donors (Lipinski definition) is 1. The van der Waals surface area contributed by atoms with E-state index in [1.165, 1.54) is 0 Å². The first-order chi connectivity index (χ1) is 11.2. The number of rotatable bonds is 4. The van der Waals surface area contributed by atoms with Crippen LogP contribution >= 0.6 is 0 Å². The molecule has 1 N–H and O–H groups in total. The molecule has 0 bridgehead atoms. The Bertz CT molecular complexity index is 656. The second-order valence-corrected chi connectivity index (χ2v) is 5.93. The van der Waals surface area contributed by atoms with E-state index in [4.69, 9.17) is 4.52 Å². The molecule has 1 saturated heterocycles. The molecule has 0 radical (unpaired) electrons. The molecule has 3 rings (SSSR count). The van der Waals surface area contributed by atoms with E-state index in [1.807, 2.05) is 23.2 Å². The van der Waals surface area contributed by atoms with Gasteiger partial charge in [-0.15, -0.1) is 0 Å². The number of nitrogens with zero attached hydrogens (tertiary/aromatic N) is 3.